The van der Waals surface area contributed by atoms with Crippen LogP contribution in [0, 0.1) is 5.92 Å². The summed E-state index contributed by atoms with van der Waals surface area (Å²) in [4.78, 5) is 32.5. The fourth-order valence-electron chi connectivity index (χ4n) is 3.92. The van der Waals surface area contributed by atoms with Crippen molar-refractivity contribution in [1.29, 1.82) is 0 Å². The minimum atomic E-state index is -0.129. The number of hydrogen-bond acceptors (Lipinski definition) is 5. The van der Waals surface area contributed by atoms with Crippen molar-refractivity contribution in [2.45, 2.75) is 57.9 Å². The third-order valence-electron chi connectivity index (χ3n) is 5.32. The maximum atomic E-state index is 12.3. The molecule has 0 spiro atoms. The maximum Gasteiger partial charge on any atom is 0.317 e. The highest BCUT2D eigenvalue weighted by Crippen LogP contribution is 2.29. The quantitative estimate of drug-likeness (QED) is 0.795. The summed E-state index contributed by atoms with van der Waals surface area (Å²) in [6.07, 6.45) is 6.51. The second kappa shape index (κ2) is 8.51. The van der Waals surface area contributed by atoms with Gasteiger partial charge in [-0.1, -0.05) is 24.9 Å². The minimum Gasteiger partial charge on any atom is -0.339 e. The van der Waals surface area contributed by atoms with Crippen molar-refractivity contribution in [3.8, 4) is 0 Å². The number of nitrogens with zero attached hydrogens (tertiary/aromatic N) is 4. The molecule has 8 heteroatoms. The van der Waals surface area contributed by atoms with Gasteiger partial charge in [0.15, 0.2) is 5.82 Å². The number of carbonyl (C=O) groups is 2. The van der Waals surface area contributed by atoms with Crippen LogP contribution in [0.25, 0.3) is 0 Å². The lowest BCUT2D eigenvalue weighted by molar-refractivity contribution is -0.129. The molecule has 0 bridgehead atoms. The largest absolute Gasteiger partial charge is 0.339 e. The van der Waals surface area contributed by atoms with E-state index >= 15 is 0 Å². The van der Waals surface area contributed by atoms with E-state index in [1.807, 2.05) is 11.8 Å². The number of aromatic nitrogens is 2. The maximum absolute atomic E-state index is 12.3. The number of urea groups is 1. The summed E-state index contributed by atoms with van der Waals surface area (Å²) < 4.78 is 5.05. The predicted molar refractivity (Wildman–Crippen MR) is 95.5 cm³/mol. The lowest BCUT2D eigenvalue weighted by Crippen LogP contribution is -2.41. The van der Waals surface area contributed by atoms with Gasteiger partial charge in [0.25, 0.3) is 0 Å². The van der Waals surface area contributed by atoms with Crippen LogP contribution in [0.2, 0.25) is 0 Å². The Kier molecular flexibility index (Phi) is 6.11. The van der Waals surface area contributed by atoms with Gasteiger partial charge in [0.1, 0.15) is 0 Å². The van der Waals surface area contributed by atoms with E-state index in [1.165, 1.54) is 12.8 Å². The highest BCUT2D eigenvalue weighted by molar-refractivity contribution is 5.79. The summed E-state index contributed by atoms with van der Waals surface area (Å²) in [5, 5.41) is 6.75. The zero-order chi connectivity index (χ0) is 18.5. The van der Waals surface area contributed by atoms with E-state index in [1.54, 1.807) is 11.9 Å². The van der Waals surface area contributed by atoms with Crippen LogP contribution in [-0.2, 0) is 17.6 Å². The van der Waals surface area contributed by atoms with Crippen molar-refractivity contribution >= 4 is 11.9 Å². The number of hydrogen-bond donors (Lipinski definition) is 1. The summed E-state index contributed by atoms with van der Waals surface area (Å²) in [6, 6.07) is 0.297. The van der Waals surface area contributed by atoms with E-state index in [-0.39, 0.29) is 17.9 Å². The normalized spacial score (nSPS) is 20.8. The van der Waals surface area contributed by atoms with Gasteiger partial charge in [-0.05, 0) is 12.8 Å². The summed E-state index contributed by atoms with van der Waals surface area (Å²) in [7, 11) is 1.78. The summed E-state index contributed by atoms with van der Waals surface area (Å²) >= 11 is 0. The molecule has 1 saturated heterocycles. The number of likely N-dealkylation sites (tertiary alicyclic amines) is 1. The molecule has 1 aliphatic heterocycles. The summed E-state index contributed by atoms with van der Waals surface area (Å²) in [5.41, 5.74) is 0. The van der Waals surface area contributed by atoms with Crippen LogP contribution in [-0.4, -0.2) is 64.6 Å². The number of aryl methyl sites for hydroxylation is 1. The highest BCUT2D eigenvalue weighted by atomic mass is 16.5. The Balaban J connectivity index is 1.39. The molecule has 26 heavy (non-hydrogen) atoms. The van der Waals surface area contributed by atoms with Gasteiger partial charge in [-0.15, -0.1) is 0 Å². The van der Waals surface area contributed by atoms with Crippen LogP contribution in [0.4, 0.5) is 4.79 Å². The minimum absolute atomic E-state index is 0.129. The van der Waals surface area contributed by atoms with E-state index < -0.39 is 0 Å². The summed E-state index contributed by atoms with van der Waals surface area (Å²) in [5.74, 6) is 1.70. The van der Waals surface area contributed by atoms with Gasteiger partial charge in [-0.25, -0.2) is 4.79 Å². The Bertz CT molecular complexity index is 626. The van der Waals surface area contributed by atoms with Gasteiger partial charge < -0.3 is 19.6 Å². The van der Waals surface area contributed by atoms with Crippen LogP contribution >= 0.6 is 0 Å². The molecule has 1 unspecified atom stereocenters. The molecule has 3 rings (SSSR count). The molecule has 3 amide bonds. The van der Waals surface area contributed by atoms with Gasteiger partial charge in [0.2, 0.25) is 11.8 Å². The van der Waals surface area contributed by atoms with Crippen LogP contribution in [0.5, 0.6) is 0 Å². The average molecular weight is 363 g/mol. The fourth-order valence-corrected chi connectivity index (χ4v) is 3.92. The lowest BCUT2D eigenvalue weighted by Gasteiger charge is -2.25. The lowest BCUT2D eigenvalue weighted by atomic mass is 10.1. The van der Waals surface area contributed by atoms with E-state index in [0.29, 0.717) is 50.1 Å². The van der Waals surface area contributed by atoms with Crippen molar-refractivity contribution < 1.29 is 14.1 Å². The monoisotopic (exact) mass is 363 g/mol. The van der Waals surface area contributed by atoms with E-state index in [4.69, 9.17) is 4.52 Å². The van der Waals surface area contributed by atoms with Crippen LogP contribution in [0.3, 0.4) is 0 Å². The molecule has 2 fully saturated rings. The molecule has 2 aliphatic rings. The van der Waals surface area contributed by atoms with E-state index in [2.05, 4.69) is 15.5 Å². The predicted octanol–water partition coefficient (Wildman–Crippen LogP) is 1.61. The molecule has 1 atom stereocenters. The smallest absolute Gasteiger partial charge is 0.317 e. The molecule has 1 aromatic rings. The third kappa shape index (κ3) is 4.53. The standard InChI is InChI=1S/C18H29N5O3/c1-3-16-20-15(21-26-16)8-9-19-18(25)22(2)11-13-10-17(24)23(12-13)14-6-4-5-7-14/h13-14H,3-12H2,1-2H3,(H,19,25). The van der Waals surface area contributed by atoms with Gasteiger partial charge >= 0.3 is 6.03 Å². The summed E-state index contributed by atoms with van der Waals surface area (Å²) in [6.45, 7) is 3.80. The molecule has 8 nitrogen and oxygen atoms in total. The highest BCUT2D eigenvalue weighted by Gasteiger charge is 2.36. The molecule has 0 radical (unpaired) electrons. The zero-order valence-corrected chi connectivity index (χ0v) is 15.7. The fraction of sp³-hybridized carbons (Fsp3) is 0.778. The Morgan fingerprint density at radius 3 is 2.85 bits per heavy atom. The first-order chi connectivity index (χ1) is 12.6. The SMILES string of the molecule is CCc1nc(CCNC(=O)N(C)CC2CC(=O)N(C3CCCC3)C2)no1. The van der Waals surface area contributed by atoms with Crippen molar-refractivity contribution in [2.24, 2.45) is 5.92 Å². The molecule has 2 heterocycles. The Morgan fingerprint density at radius 2 is 2.15 bits per heavy atom. The number of carbonyl (C=O) groups excluding carboxylic acids is 2. The first kappa shape index (κ1) is 18.7. The van der Waals surface area contributed by atoms with Crippen LogP contribution < -0.4 is 5.32 Å². The van der Waals surface area contributed by atoms with Crippen LogP contribution in [0.15, 0.2) is 4.52 Å². The second-order valence-electron chi connectivity index (χ2n) is 7.37. The molecule has 0 aromatic carbocycles. The van der Waals surface area contributed by atoms with Gasteiger partial charge in [0, 0.05) is 57.9 Å². The number of rotatable bonds is 7. The van der Waals surface area contributed by atoms with Crippen LogP contribution in [0.1, 0.15) is 50.7 Å². The first-order valence-electron chi connectivity index (χ1n) is 9.66. The topological polar surface area (TPSA) is 91.6 Å². The number of amides is 3. The molecular weight excluding hydrogens is 334 g/mol. The number of nitrogens with one attached hydrogen (secondary N) is 1. The van der Waals surface area contributed by atoms with Crippen molar-refractivity contribution in [2.75, 3.05) is 26.7 Å². The second-order valence-corrected chi connectivity index (χ2v) is 7.37. The molecule has 1 aliphatic carbocycles. The third-order valence-corrected chi connectivity index (χ3v) is 5.32. The first-order valence-corrected chi connectivity index (χ1v) is 9.66. The van der Waals surface area contributed by atoms with Gasteiger partial charge in [-0.2, -0.15) is 4.98 Å². The Morgan fingerprint density at radius 1 is 1.38 bits per heavy atom. The van der Waals surface area contributed by atoms with E-state index in [0.717, 1.165) is 19.4 Å². The van der Waals surface area contributed by atoms with E-state index in [9.17, 15) is 9.59 Å². The van der Waals surface area contributed by atoms with Gasteiger partial charge in [0.05, 0.1) is 0 Å². The van der Waals surface area contributed by atoms with Crippen molar-refractivity contribution in [1.82, 2.24) is 25.3 Å². The van der Waals surface area contributed by atoms with Crippen molar-refractivity contribution in [3.63, 3.8) is 0 Å². The molecule has 1 N–H and O–H groups in total. The average Bonchev–Trinajstić information content (AvgIpc) is 3.35. The molecule has 1 aromatic heterocycles. The Labute approximate surface area is 154 Å². The van der Waals surface area contributed by atoms with Gasteiger partial charge in [-0.3, -0.25) is 4.79 Å². The molecule has 1 saturated carbocycles. The Hall–Kier alpha value is -2.12. The molecule has 144 valence electrons. The zero-order valence-electron chi connectivity index (χ0n) is 15.7. The molecular formula is C18H29N5O3. The van der Waals surface area contributed by atoms with Crippen molar-refractivity contribution in [3.05, 3.63) is 11.7 Å².